The molecule has 0 radical (unpaired) electrons. The molecule has 0 aliphatic heterocycles. The Labute approximate surface area is 102 Å². The van der Waals surface area contributed by atoms with Gasteiger partial charge >= 0.3 is 0 Å². The van der Waals surface area contributed by atoms with Crippen molar-refractivity contribution in [1.29, 1.82) is 0 Å². The highest BCUT2D eigenvalue weighted by Crippen LogP contribution is 1.96. The van der Waals surface area contributed by atoms with Gasteiger partial charge in [-0.1, -0.05) is 6.07 Å². The topological polar surface area (TPSA) is 54.0 Å². The van der Waals surface area contributed by atoms with Crippen LogP contribution in [0, 0.1) is 0 Å². The molecule has 0 saturated heterocycles. The number of halogens is 1. The van der Waals surface area contributed by atoms with Crippen LogP contribution in [0.25, 0.3) is 0 Å². The molecule has 0 fully saturated rings. The Morgan fingerprint density at radius 1 is 1.44 bits per heavy atom. The first kappa shape index (κ1) is 14.9. The third-order valence-corrected chi connectivity index (χ3v) is 2.00. The second kappa shape index (κ2) is 9.12. The van der Waals surface area contributed by atoms with Crippen molar-refractivity contribution >= 4 is 18.3 Å². The highest BCUT2D eigenvalue weighted by molar-refractivity contribution is 5.85. The maximum atomic E-state index is 11.1. The maximum absolute atomic E-state index is 11.1. The first-order valence-electron chi connectivity index (χ1n) is 5.14. The minimum absolute atomic E-state index is 0. The smallest absolute Gasteiger partial charge is 0.233 e. The van der Waals surface area contributed by atoms with Crippen molar-refractivity contribution in [3.63, 3.8) is 0 Å². The molecule has 0 atom stereocenters. The monoisotopic (exact) mass is 243 g/mol. The van der Waals surface area contributed by atoms with Gasteiger partial charge in [-0.2, -0.15) is 0 Å². The van der Waals surface area contributed by atoms with Gasteiger partial charge in [0.05, 0.1) is 6.54 Å². The Balaban J connectivity index is 0.00000225. The summed E-state index contributed by atoms with van der Waals surface area (Å²) in [6.45, 7) is 1.08. The molecule has 1 aromatic heterocycles. The molecule has 5 heteroatoms. The normalized spacial score (nSPS) is 9.31. The molecular weight excluding hydrogens is 226 g/mol. The molecule has 0 spiro atoms. The van der Waals surface area contributed by atoms with Gasteiger partial charge in [-0.3, -0.25) is 9.78 Å². The summed E-state index contributed by atoms with van der Waals surface area (Å²) in [4.78, 5) is 15.3. The number of rotatable bonds is 6. The summed E-state index contributed by atoms with van der Waals surface area (Å²) in [6, 6.07) is 5.87. The molecular formula is C11H18ClN3O. The van der Waals surface area contributed by atoms with Gasteiger partial charge in [0, 0.05) is 18.4 Å². The van der Waals surface area contributed by atoms with E-state index in [1.54, 1.807) is 13.2 Å². The summed E-state index contributed by atoms with van der Waals surface area (Å²) in [5, 5.41) is 5.63. The van der Waals surface area contributed by atoms with Crippen LogP contribution in [-0.2, 0) is 11.2 Å². The predicted molar refractivity (Wildman–Crippen MR) is 66.7 cm³/mol. The van der Waals surface area contributed by atoms with Crippen LogP contribution in [0.1, 0.15) is 12.1 Å². The van der Waals surface area contributed by atoms with E-state index in [1.807, 2.05) is 18.2 Å². The van der Waals surface area contributed by atoms with Gasteiger partial charge in [0.15, 0.2) is 0 Å². The average molecular weight is 244 g/mol. The highest BCUT2D eigenvalue weighted by atomic mass is 35.5. The van der Waals surface area contributed by atoms with Crippen LogP contribution in [0.2, 0.25) is 0 Å². The van der Waals surface area contributed by atoms with Crippen molar-refractivity contribution in [1.82, 2.24) is 15.6 Å². The molecule has 0 aliphatic carbocycles. The molecule has 0 saturated carbocycles. The quantitative estimate of drug-likeness (QED) is 0.726. The zero-order valence-corrected chi connectivity index (χ0v) is 10.2. The molecule has 0 bridgehead atoms. The van der Waals surface area contributed by atoms with E-state index < -0.39 is 0 Å². The number of carbonyl (C=O) groups excluding carboxylic acids is 1. The van der Waals surface area contributed by atoms with Crippen LogP contribution in [0.3, 0.4) is 0 Å². The van der Waals surface area contributed by atoms with Crippen LogP contribution in [0.15, 0.2) is 24.4 Å². The third kappa shape index (κ3) is 6.37. The molecule has 1 aromatic rings. The number of amides is 1. The van der Waals surface area contributed by atoms with E-state index in [0.29, 0.717) is 13.1 Å². The number of hydrogen-bond donors (Lipinski definition) is 2. The lowest BCUT2D eigenvalue weighted by Gasteiger charge is -2.04. The van der Waals surface area contributed by atoms with Crippen molar-refractivity contribution < 1.29 is 4.79 Å². The standard InChI is InChI=1S/C11H17N3O.ClH/c1-12-9-11(15)14-8-4-6-10-5-2-3-7-13-10;/h2-3,5,7,12H,4,6,8-9H2,1H3,(H,14,15);1H. The molecule has 0 aliphatic rings. The predicted octanol–water partition coefficient (Wildman–Crippen LogP) is 0.772. The molecule has 1 amide bonds. The van der Waals surface area contributed by atoms with Crippen LogP contribution in [0.5, 0.6) is 0 Å². The summed E-state index contributed by atoms with van der Waals surface area (Å²) in [5.41, 5.74) is 1.07. The van der Waals surface area contributed by atoms with E-state index in [0.717, 1.165) is 18.5 Å². The van der Waals surface area contributed by atoms with Gasteiger partial charge in [-0.15, -0.1) is 12.4 Å². The fourth-order valence-electron chi connectivity index (χ4n) is 1.27. The summed E-state index contributed by atoms with van der Waals surface area (Å²) in [6.07, 6.45) is 3.61. The fraction of sp³-hybridized carbons (Fsp3) is 0.455. The molecule has 1 rings (SSSR count). The van der Waals surface area contributed by atoms with Gasteiger partial charge in [-0.05, 0) is 32.0 Å². The van der Waals surface area contributed by atoms with E-state index in [4.69, 9.17) is 0 Å². The third-order valence-electron chi connectivity index (χ3n) is 2.00. The molecule has 90 valence electrons. The van der Waals surface area contributed by atoms with E-state index in [9.17, 15) is 4.79 Å². The lowest BCUT2D eigenvalue weighted by atomic mass is 10.2. The van der Waals surface area contributed by atoms with Crippen molar-refractivity contribution in [2.45, 2.75) is 12.8 Å². The number of carbonyl (C=O) groups is 1. The van der Waals surface area contributed by atoms with Crippen molar-refractivity contribution in [2.24, 2.45) is 0 Å². The Bertz CT molecular complexity index is 293. The van der Waals surface area contributed by atoms with Crippen molar-refractivity contribution in [3.05, 3.63) is 30.1 Å². The number of likely N-dealkylation sites (N-methyl/N-ethyl adjacent to an activating group) is 1. The van der Waals surface area contributed by atoms with E-state index in [2.05, 4.69) is 15.6 Å². The Kier molecular flexibility index (Phi) is 8.48. The minimum Gasteiger partial charge on any atom is -0.355 e. The number of pyridine rings is 1. The average Bonchev–Trinajstić information content (AvgIpc) is 2.26. The van der Waals surface area contributed by atoms with Gasteiger partial charge in [0.1, 0.15) is 0 Å². The summed E-state index contributed by atoms with van der Waals surface area (Å²) < 4.78 is 0. The Hall–Kier alpha value is -1.13. The maximum Gasteiger partial charge on any atom is 0.233 e. The van der Waals surface area contributed by atoms with Gasteiger partial charge in [-0.25, -0.2) is 0 Å². The highest BCUT2D eigenvalue weighted by Gasteiger charge is 1.98. The van der Waals surface area contributed by atoms with Gasteiger partial charge in [0.25, 0.3) is 0 Å². The first-order valence-corrected chi connectivity index (χ1v) is 5.14. The second-order valence-electron chi connectivity index (χ2n) is 3.30. The van der Waals surface area contributed by atoms with Gasteiger partial charge < -0.3 is 10.6 Å². The number of aromatic nitrogens is 1. The summed E-state index contributed by atoms with van der Waals surface area (Å²) in [5.74, 6) is 0.0403. The number of nitrogens with zero attached hydrogens (tertiary/aromatic N) is 1. The summed E-state index contributed by atoms with van der Waals surface area (Å²) in [7, 11) is 1.76. The molecule has 0 aromatic carbocycles. The van der Waals surface area contributed by atoms with Crippen LogP contribution in [0.4, 0.5) is 0 Å². The summed E-state index contributed by atoms with van der Waals surface area (Å²) >= 11 is 0. The molecule has 1 heterocycles. The minimum atomic E-state index is 0. The van der Waals surface area contributed by atoms with Crippen LogP contribution < -0.4 is 10.6 Å². The largest absolute Gasteiger partial charge is 0.355 e. The second-order valence-corrected chi connectivity index (χ2v) is 3.30. The van der Waals surface area contributed by atoms with Crippen LogP contribution >= 0.6 is 12.4 Å². The molecule has 4 nitrogen and oxygen atoms in total. The zero-order valence-electron chi connectivity index (χ0n) is 9.40. The van der Waals surface area contributed by atoms with E-state index in [-0.39, 0.29) is 18.3 Å². The number of nitrogens with one attached hydrogen (secondary N) is 2. The molecule has 0 unspecified atom stereocenters. The van der Waals surface area contributed by atoms with Crippen LogP contribution in [-0.4, -0.2) is 31.0 Å². The first-order chi connectivity index (χ1) is 7.33. The van der Waals surface area contributed by atoms with E-state index in [1.165, 1.54) is 0 Å². The van der Waals surface area contributed by atoms with Gasteiger partial charge in [0.2, 0.25) is 5.91 Å². The van der Waals surface area contributed by atoms with Crippen molar-refractivity contribution in [3.8, 4) is 0 Å². The van der Waals surface area contributed by atoms with E-state index >= 15 is 0 Å². The Morgan fingerprint density at radius 3 is 2.88 bits per heavy atom. The Morgan fingerprint density at radius 2 is 2.25 bits per heavy atom. The fourth-order valence-corrected chi connectivity index (χ4v) is 1.27. The lowest BCUT2D eigenvalue weighted by Crippen LogP contribution is -2.32. The van der Waals surface area contributed by atoms with Crippen molar-refractivity contribution in [2.75, 3.05) is 20.1 Å². The SMILES string of the molecule is CNCC(=O)NCCCc1ccccn1.Cl. The number of aryl methyl sites for hydroxylation is 1. The number of hydrogen-bond acceptors (Lipinski definition) is 3. The molecule has 16 heavy (non-hydrogen) atoms. The molecule has 2 N–H and O–H groups in total. The lowest BCUT2D eigenvalue weighted by molar-refractivity contribution is -0.120. The zero-order chi connectivity index (χ0) is 10.9.